The third kappa shape index (κ3) is 2.78. The fourth-order valence-corrected chi connectivity index (χ4v) is 3.46. The molecule has 0 saturated carbocycles. The van der Waals surface area contributed by atoms with E-state index in [2.05, 4.69) is 40.2 Å². The SMILES string of the molecule is O=C1OCC(c2ccc(Br)cc2)N1Cc1cccc2ccccc12. The van der Waals surface area contributed by atoms with E-state index in [-0.39, 0.29) is 12.1 Å². The number of hydrogen-bond donors (Lipinski definition) is 0. The molecule has 1 atom stereocenters. The first-order valence-corrected chi connectivity index (χ1v) is 8.67. The average molecular weight is 382 g/mol. The summed E-state index contributed by atoms with van der Waals surface area (Å²) >= 11 is 3.45. The Labute approximate surface area is 149 Å². The summed E-state index contributed by atoms with van der Waals surface area (Å²) in [6.07, 6.45) is -0.254. The minimum Gasteiger partial charge on any atom is -0.447 e. The van der Waals surface area contributed by atoms with Gasteiger partial charge in [-0.2, -0.15) is 0 Å². The minimum absolute atomic E-state index is 0.0513. The number of nitrogens with zero attached hydrogens (tertiary/aromatic N) is 1. The highest BCUT2D eigenvalue weighted by atomic mass is 79.9. The summed E-state index contributed by atoms with van der Waals surface area (Å²) < 4.78 is 6.35. The molecule has 1 aliphatic rings. The Balaban J connectivity index is 1.68. The number of ether oxygens (including phenoxy) is 1. The van der Waals surface area contributed by atoms with Crippen LogP contribution < -0.4 is 0 Å². The van der Waals surface area contributed by atoms with Gasteiger partial charge in [0, 0.05) is 4.47 Å². The lowest BCUT2D eigenvalue weighted by molar-refractivity contribution is 0.156. The van der Waals surface area contributed by atoms with Crippen molar-refractivity contribution in [1.29, 1.82) is 0 Å². The standard InChI is InChI=1S/C20H16BrNO2/c21-17-10-8-15(9-11-17)19-13-24-20(23)22(19)12-16-6-3-5-14-4-1-2-7-18(14)16/h1-11,19H,12-13H2. The summed E-state index contributed by atoms with van der Waals surface area (Å²) in [6.45, 7) is 0.937. The van der Waals surface area contributed by atoms with Gasteiger partial charge < -0.3 is 4.74 Å². The molecule has 3 nitrogen and oxygen atoms in total. The van der Waals surface area contributed by atoms with Crippen LogP contribution in [-0.2, 0) is 11.3 Å². The predicted octanol–water partition coefficient (Wildman–Crippen LogP) is 5.30. The number of hydrogen-bond acceptors (Lipinski definition) is 2. The summed E-state index contributed by atoms with van der Waals surface area (Å²) in [6, 6.07) is 22.5. The molecule has 1 fully saturated rings. The second-order valence-electron chi connectivity index (χ2n) is 5.91. The number of amides is 1. The molecular weight excluding hydrogens is 366 g/mol. The topological polar surface area (TPSA) is 29.5 Å². The van der Waals surface area contributed by atoms with E-state index in [1.165, 1.54) is 10.8 Å². The maximum absolute atomic E-state index is 12.3. The first kappa shape index (κ1) is 15.2. The largest absolute Gasteiger partial charge is 0.447 e. The monoisotopic (exact) mass is 381 g/mol. The number of halogens is 1. The molecule has 0 bridgehead atoms. The van der Waals surface area contributed by atoms with Gasteiger partial charge in [0.25, 0.3) is 0 Å². The molecular formula is C20H16BrNO2. The molecule has 0 N–H and O–H groups in total. The van der Waals surface area contributed by atoms with Crippen molar-refractivity contribution in [3.63, 3.8) is 0 Å². The Bertz CT molecular complexity index is 886. The van der Waals surface area contributed by atoms with Crippen molar-refractivity contribution in [2.75, 3.05) is 6.61 Å². The van der Waals surface area contributed by atoms with E-state index < -0.39 is 0 Å². The molecule has 24 heavy (non-hydrogen) atoms. The molecule has 1 aliphatic heterocycles. The Hall–Kier alpha value is -2.33. The molecule has 120 valence electrons. The first-order chi connectivity index (χ1) is 11.7. The van der Waals surface area contributed by atoms with Crippen LogP contribution in [0.3, 0.4) is 0 Å². The molecule has 1 amide bonds. The Kier molecular flexibility index (Phi) is 3.98. The third-order valence-electron chi connectivity index (χ3n) is 4.45. The lowest BCUT2D eigenvalue weighted by Gasteiger charge is -2.22. The maximum atomic E-state index is 12.3. The number of benzene rings is 3. The summed E-state index contributed by atoms with van der Waals surface area (Å²) in [5.41, 5.74) is 2.22. The third-order valence-corrected chi connectivity index (χ3v) is 4.98. The highest BCUT2D eigenvalue weighted by molar-refractivity contribution is 9.10. The highest BCUT2D eigenvalue weighted by Gasteiger charge is 2.34. The van der Waals surface area contributed by atoms with Crippen LogP contribution >= 0.6 is 15.9 Å². The van der Waals surface area contributed by atoms with Gasteiger partial charge >= 0.3 is 6.09 Å². The zero-order chi connectivity index (χ0) is 16.5. The van der Waals surface area contributed by atoms with Crippen LogP contribution in [0.25, 0.3) is 10.8 Å². The maximum Gasteiger partial charge on any atom is 0.410 e. The molecule has 0 spiro atoms. The van der Waals surface area contributed by atoms with Crippen molar-refractivity contribution >= 4 is 32.8 Å². The Morgan fingerprint density at radius 1 is 1.00 bits per heavy atom. The van der Waals surface area contributed by atoms with Gasteiger partial charge in [0.1, 0.15) is 6.61 Å². The van der Waals surface area contributed by atoms with Gasteiger partial charge in [-0.25, -0.2) is 4.79 Å². The normalized spacial score (nSPS) is 17.3. The molecule has 1 unspecified atom stereocenters. The Morgan fingerprint density at radius 2 is 1.75 bits per heavy atom. The zero-order valence-corrected chi connectivity index (χ0v) is 14.6. The fourth-order valence-electron chi connectivity index (χ4n) is 3.20. The quantitative estimate of drug-likeness (QED) is 0.616. The van der Waals surface area contributed by atoms with Crippen molar-refractivity contribution in [1.82, 2.24) is 4.90 Å². The number of fused-ring (bicyclic) bond motifs is 1. The van der Waals surface area contributed by atoms with Crippen LogP contribution in [0.1, 0.15) is 17.2 Å². The molecule has 4 rings (SSSR count). The van der Waals surface area contributed by atoms with E-state index in [1.807, 2.05) is 47.4 Å². The van der Waals surface area contributed by atoms with Crippen LogP contribution in [0.4, 0.5) is 4.79 Å². The van der Waals surface area contributed by atoms with Crippen LogP contribution in [0.2, 0.25) is 0 Å². The number of carbonyl (C=O) groups is 1. The van der Waals surface area contributed by atoms with Crippen molar-refractivity contribution in [2.45, 2.75) is 12.6 Å². The van der Waals surface area contributed by atoms with Gasteiger partial charge in [0.05, 0.1) is 12.6 Å². The van der Waals surface area contributed by atoms with Gasteiger partial charge in [0.15, 0.2) is 0 Å². The van der Waals surface area contributed by atoms with Crippen LogP contribution in [0.15, 0.2) is 71.2 Å². The van der Waals surface area contributed by atoms with E-state index in [0.29, 0.717) is 13.2 Å². The summed E-state index contributed by atoms with van der Waals surface area (Å²) in [5.74, 6) is 0. The molecule has 1 saturated heterocycles. The molecule has 0 aromatic heterocycles. The number of rotatable bonds is 3. The first-order valence-electron chi connectivity index (χ1n) is 7.88. The highest BCUT2D eigenvalue weighted by Crippen LogP contribution is 2.31. The second-order valence-corrected chi connectivity index (χ2v) is 6.83. The van der Waals surface area contributed by atoms with Crippen molar-refractivity contribution in [3.8, 4) is 0 Å². The molecule has 3 aromatic carbocycles. The van der Waals surface area contributed by atoms with Crippen molar-refractivity contribution in [3.05, 3.63) is 82.3 Å². The molecule has 1 heterocycles. The van der Waals surface area contributed by atoms with Crippen molar-refractivity contribution in [2.24, 2.45) is 0 Å². The van der Waals surface area contributed by atoms with Gasteiger partial charge in [-0.15, -0.1) is 0 Å². The van der Waals surface area contributed by atoms with E-state index in [9.17, 15) is 4.79 Å². The van der Waals surface area contributed by atoms with Crippen LogP contribution in [0, 0.1) is 0 Å². The number of carbonyl (C=O) groups excluding carboxylic acids is 1. The van der Waals surface area contributed by atoms with Crippen LogP contribution in [-0.4, -0.2) is 17.6 Å². The summed E-state index contributed by atoms with van der Waals surface area (Å²) in [4.78, 5) is 14.1. The van der Waals surface area contributed by atoms with E-state index >= 15 is 0 Å². The lowest BCUT2D eigenvalue weighted by Crippen LogP contribution is -2.27. The van der Waals surface area contributed by atoms with Gasteiger partial charge in [-0.3, -0.25) is 4.90 Å². The van der Waals surface area contributed by atoms with Gasteiger partial charge in [0.2, 0.25) is 0 Å². The molecule has 3 aromatic rings. The molecule has 0 aliphatic carbocycles. The molecule has 4 heteroatoms. The molecule has 0 radical (unpaired) electrons. The Morgan fingerprint density at radius 3 is 2.58 bits per heavy atom. The summed E-state index contributed by atoms with van der Waals surface area (Å²) in [5, 5.41) is 2.36. The second kappa shape index (κ2) is 6.29. The van der Waals surface area contributed by atoms with Gasteiger partial charge in [-0.1, -0.05) is 70.5 Å². The fraction of sp³-hybridized carbons (Fsp3) is 0.150. The van der Waals surface area contributed by atoms with E-state index in [4.69, 9.17) is 4.74 Å². The zero-order valence-electron chi connectivity index (χ0n) is 13.0. The summed E-state index contributed by atoms with van der Waals surface area (Å²) in [7, 11) is 0. The van der Waals surface area contributed by atoms with Crippen molar-refractivity contribution < 1.29 is 9.53 Å². The van der Waals surface area contributed by atoms with E-state index in [0.717, 1.165) is 15.6 Å². The lowest BCUT2D eigenvalue weighted by atomic mass is 10.0. The average Bonchev–Trinajstić information content (AvgIpc) is 2.97. The minimum atomic E-state index is -0.254. The number of cyclic esters (lactones) is 1. The van der Waals surface area contributed by atoms with E-state index in [1.54, 1.807) is 0 Å². The van der Waals surface area contributed by atoms with Crippen LogP contribution in [0.5, 0.6) is 0 Å². The van der Waals surface area contributed by atoms with Gasteiger partial charge in [-0.05, 0) is 34.0 Å². The smallest absolute Gasteiger partial charge is 0.410 e. The predicted molar refractivity (Wildman–Crippen MR) is 97.7 cm³/mol.